The highest BCUT2D eigenvalue weighted by Gasteiger charge is 2.16. The number of nitrogens with zero attached hydrogens (tertiary/aromatic N) is 2. The summed E-state index contributed by atoms with van der Waals surface area (Å²) in [6.45, 7) is 0. The zero-order valence-electron chi connectivity index (χ0n) is 22.9. The van der Waals surface area contributed by atoms with Crippen molar-refractivity contribution in [1.82, 2.24) is 9.97 Å². The molecule has 42 heavy (non-hydrogen) atoms. The van der Waals surface area contributed by atoms with Crippen molar-refractivity contribution in [1.29, 1.82) is 0 Å². The molecule has 8 rings (SSSR count). The molecule has 2 aromatic heterocycles. The molecule has 0 saturated heterocycles. The zero-order chi connectivity index (χ0) is 27.9. The van der Waals surface area contributed by atoms with Crippen molar-refractivity contribution in [3.05, 3.63) is 158 Å². The summed E-state index contributed by atoms with van der Waals surface area (Å²) in [7, 11) is 0. The molecule has 2 heterocycles. The molecule has 2 nitrogen and oxygen atoms in total. The van der Waals surface area contributed by atoms with Crippen molar-refractivity contribution in [2.24, 2.45) is 0 Å². The molecule has 0 bridgehead atoms. The van der Waals surface area contributed by atoms with Crippen molar-refractivity contribution >= 4 is 32.3 Å². The van der Waals surface area contributed by atoms with E-state index in [9.17, 15) is 0 Å². The minimum Gasteiger partial charge on any atom is -0.256 e. The Hall–Kier alpha value is -5.60. The maximum atomic E-state index is 4.68. The van der Waals surface area contributed by atoms with Gasteiger partial charge in [0.15, 0.2) is 0 Å². The van der Waals surface area contributed by atoms with Crippen molar-refractivity contribution < 1.29 is 0 Å². The Morgan fingerprint density at radius 1 is 0.310 bits per heavy atom. The molecule has 196 valence electrons. The van der Waals surface area contributed by atoms with Gasteiger partial charge in [0.1, 0.15) is 0 Å². The SMILES string of the molecule is c1ccc(-c2c3ccccc3c(-c3ccc4cc(-c5cc(-c6ccccn6)ccn5)ccc4c3)c3ccccc23)cc1. The zero-order valence-corrected chi connectivity index (χ0v) is 22.9. The van der Waals surface area contributed by atoms with Crippen LogP contribution in [0.1, 0.15) is 0 Å². The fourth-order valence-corrected chi connectivity index (χ4v) is 6.20. The van der Waals surface area contributed by atoms with Crippen LogP contribution in [0.5, 0.6) is 0 Å². The third kappa shape index (κ3) is 4.13. The minimum absolute atomic E-state index is 0.942. The topological polar surface area (TPSA) is 25.8 Å². The number of hydrogen-bond donors (Lipinski definition) is 0. The number of rotatable bonds is 4. The molecule has 0 aliphatic carbocycles. The fourth-order valence-electron chi connectivity index (χ4n) is 6.20. The molecule has 2 heteroatoms. The van der Waals surface area contributed by atoms with E-state index in [1.807, 2.05) is 36.7 Å². The first-order valence-corrected chi connectivity index (χ1v) is 14.2. The molecule has 0 atom stereocenters. The van der Waals surface area contributed by atoms with Gasteiger partial charge in [0.25, 0.3) is 0 Å². The van der Waals surface area contributed by atoms with E-state index in [0.29, 0.717) is 0 Å². The average Bonchev–Trinajstić information content (AvgIpc) is 3.07. The predicted molar refractivity (Wildman–Crippen MR) is 176 cm³/mol. The summed E-state index contributed by atoms with van der Waals surface area (Å²) in [5, 5.41) is 7.47. The molecule has 8 aromatic rings. The summed E-state index contributed by atoms with van der Waals surface area (Å²) in [4.78, 5) is 9.19. The Balaban J connectivity index is 1.28. The van der Waals surface area contributed by atoms with Crippen LogP contribution in [0.25, 0.3) is 77.1 Å². The van der Waals surface area contributed by atoms with E-state index in [0.717, 1.165) is 22.5 Å². The molecule has 0 aliphatic heterocycles. The van der Waals surface area contributed by atoms with Crippen LogP contribution < -0.4 is 0 Å². The smallest absolute Gasteiger partial charge is 0.0708 e. The van der Waals surface area contributed by atoms with E-state index >= 15 is 0 Å². The van der Waals surface area contributed by atoms with Crippen LogP contribution in [0, 0.1) is 0 Å². The Labute approximate surface area is 244 Å². The third-order valence-corrected chi connectivity index (χ3v) is 8.14. The highest BCUT2D eigenvalue weighted by atomic mass is 14.7. The summed E-state index contributed by atoms with van der Waals surface area (Å²) in [5.41, 5.74) is 9.07. The lowest BCUT2D eigenvalue weighted by atomic mass is 9.85. The van der Waals surface area contributed by atoms with E-state index in [1.54, 1.807) is 0 Å². The number of benzene rings is 6. The van der Waals surface area contributed by atoms with Gasteiger partial charge in [0.2, 0.25) is 0 Å². The predicted octanol–water partition coefficient (Wildman–Crippen LogP) is 10.6. The third-order valence-electron chi connectivity index (χ3n) is 8.14. The second kappa shape index (κ2) is 10.1. The Morgan fingerprint density at radius 3 is 1.48 bits per heavy atom. The monoisotopic (exact) mass is 534 g/mol. The van der Waals surface area contributed by atoms with Crippen LogP contribution in [0.15, 0.2) is 158 Å². The molecule has 6 aromatic carbocycles. The second-order valence-electron chi connectivity index (χ2n) is 10.6. The van der Waals surface area contributed by atoms with Crippen molar-refractivity contribution in [2.45, 2.75) is 0 Å². The first kappa shape index (κ1) is 24.2. The van der Waals surface area contributed by atoms with E-state index in [4.69, 9.17) is 0 Å². The molecule has 0 N–H and O–H groups in total. The lowest BCUT2D eigenvalue weighted by Gasteiger charge is -2.18. The minimum atomic E-state index is 0.942. The summed E-state index contributed by atoms with van der Waals surface area (Å²) in [6.07, 6.45) is 3.69. The van der Waals surface area contributed by atoms with Gasteiger partial charge in [-0.25, -0.2) is 0 Å². The van der Waals surface area contributed by atoms with Crippen molar-refractivity contribution in [3.8, 4) is 44.8 Å². The van der Waals surface area contributed by atoms with Crippen LogP contribution in [-0.2, 0) is 0 Å². The van der Waals surface area contributed by atoms with E-state index < -0.39 is 0 Å². The molecule has 0 fully saturated rings. The normalized spacial score (nSPS) is 11.3. The van der Waals surface area contributed by atoms with E-state index in [-0.39, 0.29) is 0 Å². The highest BCUT2D eigenvalue weighted by Crippen LogP contribution is 2.44. The first-order chi connectivity index (χ1) is 20.8. The number of fused-ring (bicyclic) bond motifs is 3. The quantitative estimate of drug-likeness (QED) is 0.210. The van der Waals surface area contributed by atoms with Crippen molar-refractivity contribution in [3.63, 3.8) is 0 Å². The summed E-state index contributed by atoms with van der Waals surface area (Å²) in [6, 6.07) is 51.9. The van der Waals surface area contributed by atoms with Crippen LogP contribution in [-0.4, -0.2) is 9.97 Å². The molecule has 0 radical (unpaired) electrons. The summed E-state index contributed by atoms with van der Waals surface area (Å²) < 4.78 is 0. The molecule has 0 unspecified atom stereocenters. The standard InChI is InChI=1S/C40H26N2/c1-2-10-27(11-3-1)39-33-12-4-6-14-35(33)40(36-15-7-5-13-34(36)39)32-20-18-28-24-30(19-17-29(28)25-32)38-26-31(21-23-42-38)37-16-8-9-22-41-37/h1-26H. The number of aromatic nitrogens is 2. The maximum Gasteiger partial charge on any atom is 0.0708 e. The van der Waals surface area contributed by atoms with Gasteiger partial charge in [-0.05, 0) is 91.0 Å². The maximum absolute atomic E-state index is 4.68. The molecule has 0 aliphatic rings. The largest absolute Gasteiger partial charge is 0.256 e. The van der Waals surface area contributed by atoms with Crippen LogP contribution >= 0.6 is 0 Å². The summed E-state index contributed by atoms with van der Waals surface area (Å²) >= 11 is 0. The molecular formula is C40H26N2. The fraction of sp³-hybridized carbons (Fsp3) is 0. The Morgan fingerprint density at radius 2 is 0.833 bits per heavy atom. The highest BCUT2D eigenvalue weighted by molar-refractivity contribution is 6.21. The first-order valence-electron chi connectivity index (χ1n) is 14.2. The molecule has 0 amide bonds. The molecule has 0 saturated carbocycles. The second-order valence-corrected chi connectivity index (χ2v) is 10.6. The lowest BCUT2D eigenvalue weighted by molar-refractivity contribution is 1.29. The van der Waals surface area contributed by atoms with Gasteiger partial charge in [-0.2, -0.15) is 0 Å². The van der Waals surface area contributed by atoms with E-state index in [2.05, 4.69) is 131 Å². The average molecular weight is 535 g/mol. The number of pyridine rings is 2. The summed E-state index contributed by atoms with van der Waals surface area (Å²) in [5.74, 6) is 0. The molecular weight excluding hydrogens is 508 g/mol. The lowest BCUT2D eigenvalue weighted by Crippen LogP contribution is -1.91. The molecule has 0 spiro atoms. The van der Waals surface area contributed by atoms with Gasteiger partial charge < -0.3 is 0 Å². The Kier molecular flexibility index (Phi) is 5.82. The van der Waals surface area contributed by atoms with Crippen LogP contribution in [0.4, 0.5) is 0 Å². The van der Waals surface area contributed by atoms with Gasteiger partial charge in [-0.15, -0.1) is 0 Å². The van der Waals surface area contributed by atoms with Gasteiger partial charge in [0.05, 0.1) is 11.4 Å². The van der Waals surface area contributed by atoms with Crippen molar-refractivity contribution in [2.75, 3.05) is 0 Å². The number of hydrogen-bond acceptors (Lipinski definition) is 2. The van der Waals surface area contributed by atoms with Crippen LogP contribution in [0.3, 0.4) is 0 Å². The van der Waals surface area contributed by atoms with E-state index in [1.165, 1.54) is 54.6 Å². The Bertz CT molecular complexity index is 2180. The van der Waals surface area contributed by atoms with Gasteiger partial charge >= 0.3 is 0 Å². The van der Waals surface area contributed by atoms with Gasteiger partial charge in [-0.1, -0.05) is 109 Å². The van der Waals surface area contributed by atoms with Gasteiger partial charge in [-0.3, -0.25) is 9.97 Å². The van der Waals surface area contributed by atoms with Crippen LogP contribution in [0.2, 0.25) is 0 Å². The van der Waals surface area contributed by atoms with Gasteiger partial charge in [0, 0.05) is 23.5 Å².